The van der Waals surface area contributed by atoms with Crippen LogP contribution in [0.5, 0.6) is 0 Å². The topological polar surface area (TPSA) is 42.1 Å². The molecule has 3 rings (SSSR count). The summed E-state index contributed by atoms with van der Waals surface area (Å²) >= 11 is 6.36. The van der Waals surface area contributed by atoms with Crippen molar-refractivity contribution in [3.05, 3.63) is 34.6 Å². The molecule has 0 spiro atoms. The minimum absolute atomic E-state index is 0.496. The smallest absolute Gasteiger partial charge is 0.131 e. The minimum Gasteiger partial charge on any atom is -0.337 e. The summed E-state index contributed by atoms with van der Waals surface area (Å²) in [7, 11) is 3.95. The lowest BCUT2D eigenvalue weighted by atomic mass is 10.1. The Kier molecular flexibility index (Phi) is 4.75. The van der Waals surface area contributed by atoms with Gasteiger partial charge >= 0.3 is 0 Å². The SMILES string of the molecule is Cc1nn(C)c(Cl)c1CN1CCN(Cc2nccn2C)C(C)C1. The van der Waals surface area contributed by atoms with Crippen LogP contribution in [0.4, 0.5) is 0 Å². The van der Waals surface area contributed by atoms with Gasteiger partial charge in [0.25, 0.3) is 0 Å². The summed E-state index contributed by atoms with van der Waals surface area (Å²) in [6, 6.07) is 0.496. The molecule has 0 saturated carbocycles. The Bertz CT molecular complexity index is 676. The quantitative estimate of drug-likeness (QED) is 0.854. The van der Waals surface area contributed by atoms with Crippen molar-refractivity contribution in [2.75, 3.05) is 19.6 Å². The molecule has 2 aromatic heterocycles. The zero-order valence-electron chi connectivity index (χ0n) is 14.3. The molecule has 6 nitrogen and oxygen atoms in total. The molecular weight excluding hydrogens is 312 g/mol. The number of imidazole rings is 1. The van der Waals surface area contributed by atoms with E-state index >= 15 is 0 Å². The normalized spacial score (nSPS) is 20.3. The third kappa shape index (κ3) is 3.44. The third-order valence-electron chi connectivity index (χ3n) is 4.77. The van der Waals surface area contributed by atoms with Crippen LogP contribution in [0, 0.1) is 6.92 Å². The van der Waals surface area contributed by atoms with E-state index in [9.17, 15) is 0 Å². The average Bonchev–Trinajstić information content (AvgIpc) is 3.00. The zero-order valence-corrected chi connectivity index (χ0v) is 15.1. The largest absolute Gasteiger partial charge is 0.337 e. The Balaban J connectivity index is 1.61. The van der Waals surface area contributed by atoms with Crippen molar-refractivity contribution in [1.82, 2.24) is 29.1 Å². The molecule has 1 unspecified atom stereocenters. The Morgan fingerprint density at radius 1 is 1.26 bits per heavy atom. The summed E-state index contributed by atoms with van der Waals surface area (Å²) in [6.45, 7) is 9.22. The van der Waals surface area contributed by atoms with Crippen LogP contribution in [0.15, 0.2) is 12.4 Å². The third-order valence-corrected chi connectivity index (χ3v) is 5.24. The molecule has 126 valence electrons. The van der Waals surface area contributed by atoms with Gasteiger partial charge < -0.3 is 4.57 Å². The molecule has 3 heterocycles. The second kappa shape index (κ2) is 6.63. The summed E-state index contributed by atoms with van der Waals surface area (Å²) in [4.78, 5) is 9.40. The highest BCUT2D eigenvalue weighted by atomic mass is 35.5. The highest BCUT2D eigenvalue weighted by molar-refractivity contribution is 6.30. The van der Waals surface area contributed by atoms with Gasteiger partial charge in [0.2, 0.25) is 0 Å². The maximum Gasteiger partial charge on any atom is 0.131 e. The molecule has 0 radical (unpaired) electrons. The van der Waals surface area contributed by atoms with Crippen molar-refractivity contribution in [2.24, 2.45) is 14.1 Å². The predicted molar refractivity (Wildman–Crippen MR) is 91.3 cm³/mol. The second-order valence-corrected chi connectivity index (χ2v) is 6.85. The van der Waals surface area contributed by atoms with Crippen molar-refractivity contribution in [3.63, 3.8) is 0 Å². The van der Waals surface area contributed by atoms with Gasteiger partial charge in [-0.05, 0) is 13.8 Å². The van der Waals surface area contributed by atoms with Gasteiger partial charge in [0.15, 0.2) is 0 Å². The number of nitrogens with zero attached hydrogens (tertiary/aromatic N) is 6. The first kappa shape index (κ1) is 16.5. The lowest BCUT2D eigenvalue weighted by molar-refractivity contribution is 0.0706. The molecule has 0 aromatic carbocycles. The van der Waals surface area contributed by atoms with E-state index in [1.807, 2.05) is 26.4 Å². The predicted octanol–water partition coefficient (Wildman–Crippen LogP) is 1.82. The Morgan fingerprint density at radius 2 is 2.04 bits per heavy atom. The van der Waals surface area contributed by atoms with E-state index in [0.717, 1.165) is 55.0 Å². The van der Waals surface area contributed by atoms with E-state index in [1.165, 1.54) is 0 Å². The molecule has 0 N–H and O–H groups in total. The van der Waals surface area contributed by atoms with Crippen LogP contribution in [-0.4, -0.2) is 54.8 Å². The van der Waals surface area contributed by atoms with E-state index in [4.69, 9.17) is 11.6 Å². The van der Waals surface area contributed by atoms with Crippen LogP contribution in [0.25, 0.3) is 0 Å². The lowest BCUT2D eigenvalue weighted by Crippen LogP contribution is -2.51. The van der Waals surface area contributed by atoms with Gasteiger partial charge in [0, 0.05) is 64.3 Å². The van der Waals surface area contributed by atoms with E-state index in [2.05, 4.69) is 38.4 Å². The summed E-state index contributed by atoms with van der Waals surface area (Å²) in [5.74, 6) is 1.12. The van der Waals surface area contributed by atoms with Crippen LogP contribution >= 0.6 is 11.6 Å². The van der Waals surface area contributed by atoms with Crippen LogP contribution in [0.3, 0.4) is 0 Å². The van der Waals surface area contributed by atoms with Gasteiger partial charge in [0.05, 0.1) is 12.2 Å². The molecule has 1 saturated heterocycles. The molecule has 1 atom stereocenters. The van der Waals surface area contributed by atoms with Crippen LogP contribution in [-0.2, 0) is 27.2 Å². The van der Waals surface area contributed by atoms with Gasteiger partial charge in [-0.25, -0.2) is 4.98 Å². The fourth-order valence-corrected chi connectivity index (χ4v) is 3.49. The maximum absolute atomic E-state index is 6.36. The lowest BCUT2D eigenvalue weighted by Gasteiger charge is -2.39. The first-order chi connectivity index (χ1) is 11.0. The fraction of sp³-hybridized carbons (Fsp3) is 0.625. The number of rotatable bonds is 4. The van der Waals surface area contributed by atoms with E-state index in [-0.39, 0.29) is 0 Å². The van der Waals surface area contributed by atoms with Crippen molar-refractivity contribution < 1.29 is 0 Å². The van der Waals surface area contributed by atoms with Crippen molar-refractivity contribution in [2.45, 2.75) is 33.0 Å². The van der Waals surface area contributed by atoms with E-state index in [0.29, 0.717) is 6.04 Å². The van der Waals surface area contributed by atoms with Crippen molar-refractivity contribution >= 4 is 11.6 Å². The van der Waals surface area contributed by atoms with Crippen LogP contribution < -0.4 is 0 Å². The Labute approximate surface area is 142 Å². The Morgan fingerprint density at radius 3 is 2.61 bits per heavy atom. The number of aryl methyl sites for hydroxylation is 3. The van der Waals surface area contributed by atoms with Gasteiger partial charge in [0.1, 0.15) is 11.0 Å². The molecule has 23 heavy (non-hydrogen) atoms. The number of piperazine rings is 1. The molecule has 1 aliphatic rings. The Hall–Kier alpha value is -1.37. The van der Waals surface area contributed by atoms with Gasteiger partial charge in [-0.15, -0.1) is 0 Å². The van der Waals surface area contributed by atoms with Crippen LogP contribution in [0.2, 0.25) is 5.15 Å². The molecule has 0 amide bonds. The fourth-order valence-electron chi connectivity index (χ4n) is 3.26. The molecule has 1 aliphatic heterocycles. The van der Waals surface area contributed by atoms with Crippen molar-refractivity contribution in [3.8, 4) is 0 Å². The molecule has 7 heteroatoms. The highest BCUT2D eigenvalue weighted by Gasteiger charge is 2.26. The molecule has 0 aliphatic carbocycles. The zero-order chi connectivity index (χ0) is 16.6. The van der Waals surface area contributed by atoms with Gasteiger partial charge in [-0.3, -0.25) is 14.5 Å². The molecule has 2 aromatic rings. The van der Waals surface area contributed by atoms with Gasteiger partial charge in [-0.1, -0.05) is 11.6 Å². The second-order valence-electron chi connectivity index (χ2n) is 6.49. The number of aromatic nitrogens is 4. The summed E-state index contributed by atoms with van der Waals surface area (Å²) in [6.07, 6.45) is 3.87. The number of hydrogen-bond acceptors (Lipinski definition) is 4. The first-order valence-corrected chi connectivity index (χ1v) is 8.44. The maximum atomic E-state index is 6.36. The monoisotopic (exact) mass is 336 g/mol. The van der Waals surface area contributed by atoms with E-state index < -0.39 is 0 Å². The average molecular weight is 337 g/mol. The number of hydrogen-bond donors (Lipinski definition) is 0. The summed E-state index contributed by atoms with van der Waals surface area (Å²) in [5.41, 5.74) is 2.18. The van der Waals surface area contributed by atoms with E-state index in [1.54, 1.807) is 4.68 Å². The molecule has 0 bridgehead atoms. The first-order valence-electron chi connectivity index (χ1n) is 8.06. The summed E-state index contributed by atoms with van der Waals surface area (Å²) < 4.78 is 3.85. The minimum atomic E-state index is 0.496. The van der Waals surface area contributed by atoms with Crippen molar-refractivity contribution in [1.29, 1.82) is 0 Å². The van der Waals surface area contributed by atoms with Crippen LogP contribution in [0.1, 0.15) is 24.0 Å². The van der Waals surface area contributed by atoms with Gasteiger partial charge in [-0.2, -0.15) is 5.10 Å². The number of halogens is 1. The standard InChI is InChI=1S/C16H25ClN6/c1-12-9-22(10-14-13(2)19-21(4)16(14)17)7-8-23(12)11-15-18-5-6-20(15)3/h5-6,12H,7-11H2,1-4H3. The molecular formula is C16H25ClN6. The summed E-state index contributed by atoms with van der Waals surface area (Å²) in [5, 5.41) is 5.16. The molecule has 1 fully saturated rings. The highest BCUT2D eigenvalue weighted by Crippen LogP contribution is 2.22.